The van der Waals surface area contributed by atoms with Crippen LogP contribution in [-0.4, -0.2) is 36.5 Å². The number of nitrogens with zero attached hydrogens (tertiary/aromatic N) is 1. The van der Waals surface area contributed by atoms with Crippen LogP contribution in [-0.2, 0) is 17.8 Å². The fraction of sp³-hybridized carbons (Fsp3) is 0.458. The molecule has 2 N–H and O–H groups in total. The second-order valence-electron chi connectivity index (χ2n) is 7.38. The molecule has 1 aliphatic carbocycles. The second-order valence-corrected chi connectivity index (χ2v) is 7.38. The van der Waals surface area contributed by atoms with Gasteiger partial charge in [-0.3, -0.25) is 9.69 Å². The zero-order valence-corrected chi connectivity index (χ0v) is 17.2. The van der Waals surface area contributed by atoms with Gasteiger partial charge in [-0.15, -0.1) is 0 Å². The van der Waals surface area contributed by atoms with Crippen molar-refractivity contribution in [3.63, 3.8) is 0 Å². The predicted octanol–water partition coefficient (Wildman–Crippen LogP) is 3.68. The van der Waals surface area contributed by atoms with Gasteiger partial charge in [-0.2, -0.15) is 0 Å². The number of nitrogens with one attached hydrogen (secondary N) is 2. The number of rotatable bonds is 4. The van der Waals surface area contributed by atoms with E-state index < -0.39 is 0 Å². The predicted molar refractivity (Wildman–Crippen MR) is 115 cm³/mol. The Morgan fingerprint density at radius 1 is 1.11 bits per heavy atom. The van der Waals surface area contributed by atoms with E-state index >= 15 is 0 Å². The van der Waals surface area contributed by atoms with Crippen LogP contribution in [0, 0.1) is 0 Å². The first-order valence-corrected chi connectivity index (χ1v) is 10.7. The molecule has 150 valence electrons. The minimum absolute atomic E-state index is 0.129. The summed E-state index contributed by atoms with van der Waals surface area (Å²) in [6, 6.07) is 19.0. The van der Waals surface area contributed by atoms with Crippen molar-refractivity contribution in [1.29, 1.82) is 0 Å². The Bertz CT molecular complexity index is 747. The molecule has 0 spiro atoms. The van der Waals surface area contributed by atoms with Crippen molar-refractivity contribution in [2.45, 2.75) is 51.7 Å². The highest BCUT2D eigenvalue weighted by atomic mass is 16.2. The fourth-order valence-electron chi connectivity index (χ4n) is 4.15. The normalized spacial score (nSPS) is 21.8. The molecule has 1 heterocycles. The molecular formula is C24H33N3O. The van der Waals surface area contributed by atoms with Gasteiger partial charge in [0.1, 0.15) is 0 Å². The summed E-state index contributed by atoms with van der Waals surface area (Å²) >= 11 is 0. The number of piperazine rings is 1. The van der Waals surface area contributed by atoms with Crippen molar-refractivity contribution in [2.24, 2.45) is 0 Å². The van der Waals surface area contributed by atoms with Crippen LogP contribution in [0.3, 0.4) is 0 Å². The molecule has 0 aromatic heterocycles. The van der Waals surface area contributed by atoms with E-state index in [2.05, 4.69) is 64.1 Å². The van der Waals surface area contributed by atoms with Crippen LogP contribution in [0.15, 0.2) is 54.6 Å². The largest absolute Gasteiger partial charge is 0.348 e. The van der Waals surface area contributed by atoms with Gasteiger partial charge in [0.05, 0.1) is 12.1 Å². The average molecular weight is 380 g/mol. The first kappa shape index (κ1) is 20.6. The molecule has 0 radical (unpaired) electrons. The quantitative estimate of drug-likeness (QED) is 0.852. The molecule has 0 bridgehead atoms. The number of fused-ring (bicyclic) bond motifs is 1. The SMILES string of the molecule is CC.O=C(NC1CCCc2ccccc21)[C@@H]1CN(Cc2ccccc2)CCN1. The lowest BCUT2D eigenvalue weighted by Gasteiger charge is -2.34. The molecule has 1 aliphatic heterocycles. The topological polar surface area (TPSA) is 44.4 Å². The van der Waals surface area contributed by atoms with Crippen LogP contribution in [0.4, 0.5) is 0 Å². The van der Waals surface area contributed by atoms with Gasteiger partial charge in [0.2, 0.25) is 5.91 Å². The van der Waals surface area contributed by atoms with Gasteiger partial charge in [0, 0.05) is 26.2 Å². The van der Waals surface area contributed by atoms with Crippen molar-refractivity contribution < 1.29 is 4.79 Å². The maximum Gasteiger partial charge on any atom is 0.238 e. The molecule has 1 unspecified atom stereocenters. The van der Waals surface area contributed by atoms with E-state index in [1.165, 1.54) is 16.7 Å². The van der Waals surface area contributed by atoms with E-state index in [1.54, 1.807) is 0 Å². The van der Waals surface area contributed by atoms with Gasteiger partial charge in [0.15, 0.2) is 0 Å². The zero-order chi connectivity index (χ0) is 19.8. The van der Waals surface area contributed by atoms with Crippen LogP contribution in [0.2, 0.25) is 0 Å². The Hall–Kier alpha value is -2.17. The third-order valence-corrected chi connectivity index (χ3v) is 5.51. The van der Waals surface area contributed by atoms with Crippen molar-refractivity contribution in [2.75, 3.05) is 19.6 Å². The molecule has 0 saturated carbocycles. The molecule has 2 aromatic carbocycles. The van der Waals surface area contributed by atoms with Gasteiger partial charge in [-0.25, -0.2) is 0 Å². The molecule has 2 aliphatic rings. The van der Waals surface area contributed by atoms with E-state index in [4.69, 9.17) is 0 Å². The molecule has 4 rings (SSSR count). The number of hydrogen-bond acceptors (Lipinski definition) is 3. The Morgan fingerprint density at radius 3 is 2.68 bits per heavy atom. The summed E-state index contributed by atoms with van der Waals surface area (Å²) in [7, 11) is 0. The molecular weight excluding hydrogens is 346 g/mol. The number of carbonyl (C=O) groups is 1. The summed E-state index contributed by atoms with van der Waals surface area (Å²) in [6.07, 6.45) is 3.29. The second kappa shape index (κ2) is 10.4. The maximum atomic E-state index is 12.9. The molecule has 2 atom stereocenters. The zero-order valence-electron chi connectivity index (χ0n) is 17.2. The Kier molecular flexibility index (Phi) is 7.63. The average Bonchev–Trinajstić information content (AvgIpc) is 2.76. The summed E-state index contributed by atoms with van der Waals surface area (Å²) in [4.78, 5) is 15.2. The molecule has 1 saturated heterocycles. The van der Waals surface area contributed by atoms with E-state index in [0.29, 0.717) is 0 Å². The van der Waals surface area contributed by atoms with E-state index in [-0.39, 0.29) is 18.0 Å². The fourth-order valence-corrected chi connectivity index (χ4v) is 4.15. The molecule has 28 heavy (non-hydrogen) atoms. The first-order chi connectivity index (χ1) is 13.8. The number of hydrogen-bond donors (Lipinski definition) is 2. The molecule has 2 aromatic rings. The Morgan fingerprint density at radius 2 is 1.86 bits per heavy atom. The van der Waals surface area contributed by atoms with E-state index in [1.807, 2.05) is 19.9 Å². The van der Waals surface area contributed by atoms with Crippen LogP contribution in [0.1, 0.15) is 49.4 Å². The smallest absolute Gasteiger partial charge is 0.238 e. The minimum Gasteiger partial charge on any atom is -0.348 e. The number of aryl methyl sites for hydroxylation is 1. The third-order valence-electron chi connectivity index (χ3n) is 5.51. The highest BCUT2D eigenvalue weighted by Gasteiger charge is 2.28. The Balaban J connectivity index is 0.00000109. The summed E-state index contributed by atoms with van der Waals surface area (Å²) in [5.41, 5.74) is 3.98. The van der Waals surface area contributed by atoms with Crippen molar-refractivity contribution in [3.05, 3.63) is 71.3 Å². The highest BCUT2D eigenvalue weighted by molar-refractivity contribution is 5.82. The van der Waals surface area contributed by atoms with E-state index in [9.17, 15) is 4.79 Å². The van der Waals surface area contributed by atoms with Crippen LogP contribution >= 0.6 is 0 Å². The summed E-state index contributed by atoms with van der Waals surface area (Å²) < 4.78 is 0. The minimum atomic E-state index is -0.137. The van der Waals surface area contributed by atoms with Crippen molar-refractivity contribution in [3.8, 4) is 0 Å². The molecule has 1 fully saturated rings. The maximum absolute atomic E-state index is 12.9. The molecule has 4 heteroatoms. The first-order valence-electron chi connectivity index (χ1n) is 10.7. The van der Waals surface area contributed by atoms with E-state index in [0.717, 1.165) is 45.4 Å². The highest BCUT2D eigenvalue weighted by Crippen LogP contribution is 2.29. The number of carbonyl (C=O) groups excluding carboxylic acids is 1. The third kappa shape index (κ3) is 5.21. The van der Waals surface area contributed by atoms with Gasteiger partial charge in [-0.1, -0.05) is 68.4 Å². The monoisotopic (exact) mass is 379 g/mol. The van der Waals surface area contributed by atoms with Gasteiger partial charge in [-0.05, 0) is 36.0 Å². The lowest BCUT2D eigenvalue weighted by molar-refractivity contribution is -0.125. The van der Waals surface area contributed by atoms with Crippen LogP contribution < -0.4 is 10.6 Å². The standard InChI is InChI=1S/C22H27N3O.C2H6/c26-22(24-20-12-6-10-18-9-4-5-11-19(18)20)21-16-25(14-13-23-21)15-17-7-2-1-3-8-17;1-2/h1-5,7-9,11,20-21,23H,6,10,12-16H2,(H,24,26);1-2H3/t20?,21-;/m0./s1. The van der Waals surface area contributed by atoms with Gasteiger partial charge >= 0.3 is 0 Å². The van der Waals surface area contributed by atoms with Gasteiger partial charge < -0.3 is 10.6 Å². The molecule has 1 amide bonds. The Labute approximate surface area is 169 Å². The number of amides is 1. The van der Waals surface area contributed by atoms with Crippen LogP contribution in [0.25, 0.3) is 0 Å². The summed E-state index contributed by atoms with van der Waals surface area (Å²) in [5, 5.41) is 6.70. The summed E-state index contributed by atoms with van der Waals surface area (Å²) in [6.45, 7) is 7.49. The lowest BCUT2D eigenvalue weighted by atomic mass is 9.87. The van der Waals surface area contributed by atoms with Gasteiger partial charge in [0.25, 0.3) is 0 Å². The lowest BCUT2D eigenvalue weighted by Crippen LogP contribution is -2.57. The number of benzene rings is 2. The molecule has 4 nitrogen and oxygen atoms in total. The van der Waals surface area contributed by atoms with Crippen LogP contribution in [0.5, 0.6) is 0 Å². The van der Waals surface area contributed by atoms with Crippen molar-refractivity contribution in [1.82, 2.24) is 15.5 Å². The summed E-state index contributed by atoms with van der Waals surface area (Å²) in [5.74, 6) is 0.129. The van der Waals surface area contributed by atoms with Crippen molar-refractivity contribution >= 4 is 5.91 Å².